The van der Waals surface area contributed by atoms with Gasteiger partial charge in [-0.2, -0.15) is 4.99 Å². The molecule has 0 bridgehead atoms. The molecule has 0 saturated heterocycles. The molecular formula is C19H17ClN6O3S. The van der Waals surface area contributed by atoms with E-state index in [0.717, 1.165) is 10.1 Å². The van der Waals surface area contributed by atoms with Crippen LogP contribution in [0.25, 0.3) is 11.2 Å². The van der Waals surface area contributed by atoms with Crippen LogP contribution in [0.4, 0.5) is 0 Å². The summed E-state index contributed by atoms with van der Waals surface area (Å²) in [6.07, 6.45) is 3.25. The molecule has 1 aromatic carbocycles. The van der Waals surface area contributed by atoms with Gasteiger partial charge in [0.05, 0.1) is 12.9 Å². The molecule has 0 spiro atoms. The van der Waals surface area contributed by atoms with Crippen LogP contribution in [-0.4, -0.2) is 29.2 Å². The summed E-state index contributed by atoms with van der Waals surface area (Å²) < 4.78 is 5.43. The first-order valence-electron chi connectivity index (χ1n) is 8.92. The van der Waals surface area contributed by atoms with Gasteiger partial charge in [0.25, 0.3) is 11.5 Å². The summed E-state index contributed by atoms with van der Waals surface area (Å²) in [5, 5.41) is 2.42. The van der Waals surface area contributed by atoms with Crippen molar-refractivity contribution in [2.45, 2.75) is 13.1 Å². The molecule has 4 aromatic rings. The quantitative estimate of drug-likeness (QED) is 0.471. The van der Waals surface area contributed by atoms with Gasteiger partial charge in [-0.25, -0.2) is 14.3 Å². The summed E-state index contributed by atoms with van der Waals surface area (Å²) in [5.41, 5.74) is 0.202. The number of aryl methyl sites for hydroxylation is 2. The number of thiazole rings is 1. The zero-order valence-corrected chi connectivity index (χ0v) is 17.7. The van der Waals surface area contributed by atoms with Gasteiger partial charge in [-0.05, 0) is 11.6 Å². The topological polar surface area (TPSA) is 96.2 Å². The minimum Gasteiger partial charge on any atom is -0.328 e. The van der Waals surface area contributed by atoms with Gasteiger partial charge in [0.15, 0.2) is 16.0 Å². The average Bonchev–Trinajstić information content (AvgIpc) is 3.32. The highest BCUT2D eigenvalue weighted by molar-refractivity contribution is 7.07. The maximum Gasteiger partial charge on any atom is 0.332 e. The van der Waals surface area contributed by atoms with E-state index in [4.69, 9.17) is 11.6 Å². The number of nitrogens with zero attached hydrogens (tertiary/aromatic N) is 6. The Morgan fingerprint density at radius 1 is 1.23 bits per heavy atom. The van der Waals surface area contributed by atoms with Crippen molar-refractivity contribution in [1.29, 1.82) is 0 Å². The van der Waals surface area contributed by atoms with E-state index >= 15 is 0 Å². The monoisotopic (exact) mass is 444 g/mol. The van der Waals surface area contributed by atoms with Crippen LogP contribution in [-0.2, 0) is 32.0 Å². The zero-order valence-electron chi connectivity index (χ0n) is 16.1. The third-order valence-corrected chi connectivity index (χ3v) is 5.84. The molecule has 4 rings (SSSR count). The fourth-order valence-electron chi connectivity index (χ4n) is 3.13. The Labute approximate surface area is 178 Å². The lowest BCUT2D eigenvalue weighted by molar-refractivity contribution is -0.118. The van der Waals surface area contributed by atoms with Crippen LogP contribution >= 0.6 is 22.9 Å². The van der Waals surface area contributed by atoms with E-state index in [2.05, 4.69) is 9.98 Å². The van der Waals surface area contributed by atoms with Crippen molar-refractivity contribution in [1.82, 2.24) is 23.3 Å². The number of hydrogen-bond acceptors (Lipinski definition) is 5. The molecule has 30 heavy (non-hydrogen) atoms. The Bertz CT molecular complexity index is 1460. The van der Waals surface area contributed by atoms with E-state index in [-0.39, 0.29) is 11.2 Å². The van der Waals surface area contributed by atoms with Crippen LogP contribution in [0.15, 0.2) is 56.8 Å². The molecule has 0 fully saturated rings. The predicted molar refractivity (Wildman–Crippen MR) is 114 cm³/mol. The second kappa shape index (κ2) is 7.88. The molecule has 0 saturated carbocycles. The number of imidazole rings is 1. The Morgan fingerprint density at radius 2 is 2.00 bits per heavy atom. The zero-order chi connectivity index (χ0) is 21.4. The lowest BCUT2D eigenvalue weighted by Gasteiger charge is -2.07. The van der Waals surface area contributed by atoms with E-state index in [1.807, 2.05) is 18.2 Å². The lowest BCUT2D eigenvalue weighted by Crippen LogP contribution is -2.41. The molecule has 11 heteroatoms. The fraction of sp³-hybridized carbons (Fsp3) is 0.211. The standard InChI is InChI=1S/C19H17ClN6O3S/c1-23-11-21-16-15(23)17(28)26(19(29)24(16)2)10-14(27)22-18-25(7-8-30-18)9-12-5-3-4-6-13(12)20/h3-8,11H,9-10H2,1-2H3. The van der Waals surface area contributed by atoms with E-state index in [0.29, 0.717) is 16.4 Å². The number of benzene rings is 1. The van der Waals surface area contributed by atoms with Crippen molar-refractivity contribution in [2.24, 2.45) is 19.1 Å². The number of carbonyl (C=O) groups excluding carboxylic acids is 1. The highest BCUT2D eigenvalue weighted by Gasteiger charge is 2.17. The Morgan fingerprint density at radius 3 is 2.77 bits per heavy atom. The first-order chi connectivity index (χ1) is 14.4. The highest BCUT2D eigenvalue weighted by Crippen LogP contribution is 2.15. The first kappa shape index (κ1) is 20.0. The highest BCUT2D eigenvalue weighted by atomic mass is 35.5. The predicted octanol–water partition coefficient (Wildman–Crippen LogP) is 1.13. The molecule has 3 aromatic heterocycles. The van der Waals surface area contributed by atoms with Gasteiger partial charge in [-0.3, -0.25) is 14.2 Å². The smallest absolute Gasteiger partial charge is 0.328 e. The summed E-state index contributed by atoms with van der Waals surface area (Å²) in [6.45, 7) is -0.0192. The van der Waals surface area contributed by atoms with Crippen molar-refractivity contribution in [3.05, 3.63) is 78.4 Å². The maximum atomic E-state index is 12.7. The number of carbonyl (C=O) groups is 1. The molecule has 9 nitrogen and oxygen atoms in total. The second-order valence-electron chi connectivity index (χ2n) is 6.67. The van der Waals surface area contributed by atoms with Crippen molar-refractivity contribution >= 4 is 40.0 Å². The van der Waals surface area contributed by atoms with Gasteiger partial charge >= 0.3 is 5.69 Å². The third kappa shape index (κ3) is 3.55. The molecule has 0 N–H and O–H groups in total. The number of hydrogen-bond donors (Lipinski definition) is 0. The summed E-state index contributed by atoms with van der Waals surface area (Å²) in [5.74, 6) is -0.605. The van der Waals surface area contributed by atoms with E-state index < -0.39 is 23.7 Å². The molecular weight excluding hydrogens is 428 g/mol. The van der Waals surface area contributed by atoms with Gasteiger partial charge < -0.3 is 9.13 Å². The number of amides is 1. The number of halogens is 1. The van der Waals surface area contributed by atoms with Gasteiger partial charge in [0, 0.05) is 30.7 Å². The van der Waals surface area contributed by atoms with Crippen molar-refractivity contribution in [3.8, 4) is 0 Å². The van der Waals surface area contributed by atoms with Crippen LogP contribution in [0, 0.1) is 0 Å². The second-order valence-corrected chi connectivity index (χ2v) is 7.95. The number of fused-ring (bicyclic) bond motifs is 1. The summed E-state index contributed by atoms with van der Waals surface area (Å²) in [7, 11) is 3.16. The summed E-state index contributed by atoms with van der Waals surface area (Å²) >= 11 is 7.50. The van der Waals surface area contributed by atoms with Crippen LogP contribution in [0.1, 0.15) is 5.56 Å². The van der Waals surface area contributed by atoms with Crippen LogP contribution < -0.4 is 16.1 Å². The summed E-state index contributed by atoms with van der Waals surface area (Å²) in [6, 6.07) is 7.41. The van der Waals surface area contributed by atoms with E-state index in [1.165, 1.54) is 33.8 Å². The van der Waals surface area contributed by atoms with Crippen molar-refractivity contribution in [2.75, 3.05) is 0 Å². The maximum absolute atomic E-state index is 12.7. The molecule has 1 amide bonds. The number of rotatable bonds is 4. The van der Waals surface area contributed by atoms with Crippen LogP contribution in [0.5, 0.6) is 0 Å². The van der Waals surface area contributed by atoms with E-state index in [1.54, 1.807) is 29.3 Å². The van der Waals surface area contributed by atoms with E-state index in [9.17, 15) is 14.4 Å². The minimum absolute atomic E-state index is 0.245. The summed E-state index contributed by atoms with van der Waals surface area (Å²) in [4.78, 5) is 46.5. The molecule has 0 aliphatic heterocycles. The largest absolute Gasteiger partial charge is 0.332 e. The van der Waals surface area contributed by atoms with Crippen LogP contribution in [0.2, 0.25) is 5.02 Å². The fourth-order valence-corrected chi connectivity index (χ4v) is 4.07. The van der Waals surface area contributed by atoms with Crippen molar-refractivity contribution < 1.29 is 4.79 Å². The molecule has 0 radical (unpaired) electrons. The Balaban J connectivity index is 1.69. The molecule has 0 aliphatic carbocycles. The molecule has 3 heterocycles. The average molecular weight is 445 g/mol. The molecule has 0 aliphatic rings. The van der Waals surface area contributed by atoms with Gasteiger partial charge in [-0.15, -0.1) is 11.3 Å². The molecule has 154 valence electrons. The third-order valence-electron chi connectivity index (χ3n) is 4.67. The molecule has 0 atom stereocenters. The minimum atomic E-state index is -0.620. The number of aromatic nitrogens is 5. The molecule has 0 unspecified atom stereocenters. The Hall–Kier alpha value is -3.24. The van der Waals surface area contributed by atoms with Gasteiger partial charge in [0.1, 0.15) is 6.54 Å². The SMILES string of the molecule is Cn1cnc2c1c(=O)n(CC(=O)N=c1sccn1Cc1ccccc1Cl)c(=O)n2C. The Kier molecular flexibility index (Phi) is 5.27. The van der Waals surface area contributed by atoms with Crippen LogP contribution in [0.3, 0.4) is 0 Å². The first-order valence-corrected chi connectivity index (χ1v) is 10.2. The van der Waals surface area contributed by atoms with Crippen molar-refractivity contribution in [3.63, 3.8) is 0 Å². The lowest BCUT2D eigenvalue weighted by atomic mass is 10.2. The normalized spacial score (nSPS) is 12.0. The van der Waals surface area contributed by atoms with Gasteiger partial charge in [0.2, 0.25) is 0 Å². The van der Waals surface area contributed by atoms with Gasteiger partial charge in [-0.1, -0.05) is 29.8 Å².